The van der Waals surface area contributed by atoms with Crippen LogP contribution in [0.1, 0.15) is 84.0 Å². The zero-order valence-electron chi connectivity index (χ0n) is 13.5. The number of nitrogens with one attached hydrogen (secondary N) is 2. The predicted molar refractivity (Wildman–Crippen MR) is 88.3 cm³/mol. The number of aromatic nitrogens is 2. The van der Waals surface area contributed by atoms with Gasteiger partial charge >= 0.3 is 0 Å². The molecule has 0 saturated carbocycles. The van der Waals surface area contributed by atoms with E-state index in [9.17, 15) is 4.79 Å². The molecule has 0 radical (unpaired) electrons. The first kappa shape index (κ1) is 17.7. The van der Waals surface area contributed by atoms with Gasteiger partial charge in [0.2, 0.25) is 5.91 Å². The maximum atomic E-state index is 11.6. The van der Waals surface area contributed by atoms with E-state index in [4.69, 9.17) is 0 Å². The number of unbranched alkanes of at least 4 members (excludes halogenated alkanes) is 10. The molecular weight excluding hydrogens is 262 g/mol. The summed E-state index contributed by atoms with van der Waals surface area (Å²) in [5, 5.41) is 2.80. The second-order valence-electron chi connectivity index (χ2n) is 5.80. The monoisotopic (exact) mass is 293 g/mol. The van der Waals surface area contributed by atoms with Crippen molar-refractivity contribution in [1.29, 1.82) is 0 Å². The van der Waals surface area contributed by atoms with E-state index in [1.165, 1.54) is 57.8 Å². The largest absolute Gasteiger partial charge is 0.331 e. The van der Waals surface area contributed by atoms with Gasteiger partial charge in [-0.3, -0.25) is 4.79 Å². The minimum atomic E-state index is 0.0789. The third kappa shape index (κ3) is 10.1. The molecule has 120 valence electrons. The molecule has 0 bridgehead atoms. The molecule has 2 N–H and O–H groups in total. The number of rotatable bonds is 13. The summed E-state index contributed by atoms with van der Waals surface area (Å²) < 4.78 is 0. The quantitative estimate of drug-likeness (QED) is 0.500. The molecule has 4 heteroatoms. The highest BCUT2D eigenvalue weighted by molar-refractivity contribution is 5.89. The van der Waals surface area contributed by atoms with Gasteiger partial charge in [0.1, 0.15) is 5.82 Å². The summed E-state index contributed by atoms with van der Waals surface area (Å²) in [6, 6.07) is 0. The second-order valence-corrected chi connectivity index (χ2v) is 5.80. The van der Waals surface area contributed by atoms with Crippen LogP contribution in [0.25, 0.3) is 0 Å². The lowest BCUT2D eigenvalue weighted by atomic mass is 10.1. The Hall–Kier alpha value is -1.32. The number of imidazole rings is 1. The van der Waals surface area contributed by atoms with Gasteiger partial charge in [0, 0.05) is 6.42 Å². The van der Waals surface area contributed by atoms with Crippen LogP contribution < -0.4 is 5.32 Å². The molecule has 1 aromatic rings. The smallest absolute Gasteiger partial charge is 0.225 e. The molecule has 0 unspecified atom stereocenters. The van der Waals surface area contributed by atoms with Crippen LogP contribution in [0.3, 0.4) is 0 Å². The van der Waals surface area contributed by atoms with E-state index in [0.717, 1.165) is 12.8 Å². The molecule has 0 atom stereocenters. The van der Waals surface area contributed by atoms with Gasteiger partial charge in [-0.1, -0.05) is 71.1 Å². The Balaban J connectivity index is 1.81. The van der Waals surface area contributed by atoms with Gasteiger partial charge in [0.05, 0.1) is 12.5 Å². The molecule has 0 aliphatic heterocycles. The standard InChI is InChI=1S/C17H31N3O/c1-2-3-4-5-6-7-8-9-10-11-12-13-17(21)20-16-14-18-15-19-16/h14-15H,2-13H2,1H3,(H,18,19)(H,20,21). The zero-order chi connectivity index (χ0) is 15.2. The Morgan fingerprint density at radius 3 is 2.10 bits per heavy atom. The van der Waals surface area contributed by atoms with Gasteiger partial charge in [0.25, 0.3) is 0 Å². The van der Waals surface area contributed by atoms with E-state index in [-0.39, 0.29) is 5.91 Å². The molecule has 1 aromatic heterocycles. The topological polar surface area (TPSA) is 57.8 Å². The fourth-order valence-electron chi connectivity index (χ4n) is 2.49. The second kappa shape index (κ2) is 12.4. The van der Waals surface area contributed by atoms with Crippen LogP contribution >= 0.6 is 0 Å². The van der Waals surface area contributed by atoms with E-state index in [1.807, 2.05) is 0 Å². The molecule has 1 amide bonds. The highest BCUT2D eigenvalue weighted by Crippen LogP contribution is 2.12. The van der Waals surface area contributed by atoms with Crippen LogP contribution in [0.2, 0.25) is 0 Å². The van der Waals surface area contributed by atoms with Gasteiger partial charge in [0.15, 0.2) is 0 Å². The van der Waals surface area contributed by atoms with Gasteiger partial charge in [-0.25, -0.2) is 4.98 Å². The molecule has 4 nitrogen and oxygen atoms in total. The first-order valence-corrected chi connectivity index (χ1v) is 8.61. The summed E-state index contributed by atoms with van der Waals surface area (Å²) in [4.78, 5) is 18.3. The van der Waals surface area contributed by atoms with Crippen molar-refractivity contribution in [1.82, 2.24) is 9.97 Å². The minimum Gasteiger partial charge on any atom is -0.331 e. The average Bonchev–Trinajstić information content (AvgIpc) is 2.97. The van der Waals surface area contributed by atoms with Crippen molar-refractivity contribution in [3.8, 4) is 0 Å². The molecular formula is C17H31N3O. The third-order valence-electron chi connectivity index (χ3n) is 3.78. The Labute approximate surface area is 129 Å². The Kier molecular flexibility index (Phi) is 10.5. The summed E-state index contributed by atoms with van der Waals surface area (Å²) in [7, 11) is 0. The lowest BCUT2D eigenvalue weighted by molar-refractivity contribution is -0.116. The first-order chi connectivity index (χ1) is 10.3. The molecule has 1 heterocycles. The van der Waals surface area contributed by atoms with Crippen LogP contribution in [0.4, 0.5) is 5.82 Å². The number of hydrogen-bond acceptors (Lipinski definition) is 2. The maximum absolute atomic E-state index is 11.6. The van der Waals surface area contributed by atoms with Crippen LogP contribution in [0.5, 0.6) is 0 Å². The molecule has 0 spiro atoms. The summed E-state index contributed by atoms with van der Waals surface area (Å²) in [6.07, 6.45) is 18.2. The van der Waals surface area contributed by atoms with Crippen molar-refractivity contribution in [2.45, 2.75) is 84.0 Å². The molecule has 0 fully saturated rings. The van der Waals surface area contributed by atoms with Crippen molar-refractivity contribution < 1.29 is 4.79 Å². The first-order valence-electron chi connectivity index (χ1n) is 8.61. The number of aromatic amines is 1. The lowest BCUT2D eigenvalue weighted by Gasteiger charge is -2.03. The number of nitrogens with zero attached hydrogens (tertiary/aromatic N) is 1. The number of carbonyl (C=O) groups is 1. The highest BCUT2D eigenvalue weighted by atomic mass is 16.1. The number of anilines is 1. The lowest BCUT2D eigenvalue weighted by Crippen LogP contribution is -2.11. The summed E-state index contributed by atoms with van der Waals surface area (Å²) in [5.74, 6) is 0.762. The zero-order valence-corrected chi connectivity index (χ0v) is 13.5. The summed E-state index contributed by atoms with van der Waals surface area (Å²) >= 11 is 0. The molecule has 0 aliphatic rings. The van der Waals surface area contributed by atoms with Crippen LogP contribution in [-0.4, -0.2) is 15.9 Å². The fourth-order valence-corrected chi connectivity index (χ4v) is 2.49. The Morgan fingerprint density at radius 2 is 1.57 bits per heavy atom. The van der Waals surface area contributed by atoms with Crippen molar-refractivity contribution in [3.63, 3.8) is 0 Å². The van der Waals surface area contributed by atoms with Gasteiger partial charge < -0.3 is 10.3 Å². The minimum absolute atomic E-state index is 0.0789. The third-order valence-corrected chi connectivity index (χ3v) is 3.78. The number of hydrogen-bond donors (Lipinski definition) is 2. The van der Waals surface area contributed by atoms with Crippen LogP contribution in [0, 0.1) is 0 Å². The summed E-state index contributed by atoms with van der Waals surface area (Å²) in [5.41, 5.74) is 0. The Morgan fingerprint density at radius 1 is 1.00 bits per heavy atom. The molecule has 0 saturated heterocycles. The number of H-pyrrole nitrogens is 1. The number of carbonyl (C=O) groups excluding carboxylic acids is 1. The fraction of sp³-hybridized carbons (Fsp3) is 0.765. The molecule has 21 heavy (non-hydrogen) atoms. The molecule has 0 aliphatic carbocycles. The van der Waals surface area contributed by atoms with Gasteiger partial charge in [-0.2, -0.15) is 0 Å². The maximum Gasteiger partial charge on any atom is 0.225 e. The van der Waals surface area contributed by atoms with Crippen molar-refractivity contribution in [3.05, 3.63) is 12.5 Å². The average molecular weight is 293 g/mol. The van der Waals surface area contributed by atoms with Crippen molar-refractivity contribution in [2.75, 3.05) is 5.32 Å². The van der Waals surface area contributed by atoms with Crippen molar-refractivity contribution in [2.24, 2.45) is 0 Å². The normalized spacial score (nSPS) is 10.7. The SMILES string of the molecule is CCCCCCCCCCCCCC(=O)Nc1cnc[nH]1. The van der Waals surface area contributed by atoms with Crippen LogP contribution in [0.15, 0.2) is 12.5 Å². The van der Waals surface area contributed by atoms with E-state index in [1.54, 1.807) is 12.5 Å². The van der Waals surface area contributed by atoms with Crippen LogP contribution in [-0.2, 0) is 4.79 Å². The Bertz CT molecular complexity index is 349. The van der Waals surface area contributed by atoms with Crippen molar-refractivity contribution >= 4 is 11.7 Å². The van der Waals surface area contributed by atoms with E-state index in [2.05, 4.69) is 22.2 Å². The molecule has 0 aromatic carbocycles. The van der Waals surface area contributed by atoms with E-state index in [0.29, 0.717) is 12.2 Å². The van der Waals surface area contributed by atoms with E-state index >= 15 is 0 Å². The molecule has 1 rings (SSSR count). The predicted octanol–water partition coefficient (Wildman–Crippen LogP) is 5.05. The highest BCUT2D eigenvalue weighted by Gasteiger charge is 2.02. The summed E-state index contributed by atoms with van der Waals surface area (Å²) in [6.45, 7) is 2.26. The van der Waals surface area contributed by atoms with Gasteiger partial charge in [-0.05, 0) is 6.42 Å². The van der Waals surface area contributed by atoms with E-state index < -0.39 is 0 Å². The van der Waals surface area contributed by atoms with Gasteiger partial charge in [-0.15, -0.1) is 0 Å². The number of amides is 1.